The van der Waals surface area contributed by atoms with Crippen LogP contribution in [0.4, 0.5) is 5.69 Å². The van der Waals surface area contributed by atoms with E-state index < -0.39 is 12.1 Å². The van der Waals surface area contributed by atoms with Crippen molar-refractivity contribution in [2.24, 2.45) is 0 Å². The first-order valence-corrected chi connectivity index (χ1v) is 9.79. The van der Waals surface area contributed by atoms with Gasteiger partial charge in [0.05, 0.1) is 28.0 Å². The van der Waals surface area contributed by atoms with E-state index in [2.05, 4.69) is 21.4 Å². The molecule has 0 aliphatic heterocycles. The summed E-state index contributed by atoms with van der Waals surface area (Å²) in [5.41, 5.74) is 6.68. The van der Waals surface area contributed by atoms with Crippen molar-refractivity contribution >= 4 is 28.6 Å². The molecule has 0 saturated heterocycles. The van der Waals surface area contributed by atoms with Crippen LogP contribution in [0.2, 0.25) is 0 Å². The third-order valence-corrected chi connectivity index (χ3v) is 5.33. The molecule has 6 nitrogen and oxygen atoms in total. The Hall–Kier alpha value is -3.28. The van der Waals surface area contributed by atoms with Crippen molar-refractivity contribution in [3.8, 4) is 0 Å². The van der Waals surface area contributed by atoms with E-state index in [1.807, 2.05) is 26.0 Å². The minimum Gasteiger partial charge on any atom is -0.449 e. The minimum absolute atomic E-state index is 0.340. The number of benzene rings is 2. The minimum atomic E-state index is -0.919. The van der Waals surface area contributed by atoms with E-state index in [-0.39, 0.29) is 5.91 Å². The highest BCUT2D eigenvalue weighted by atomic mass is 16.5. The van der Waals surface area contributed by atoms with Gasteiger partial charge in [-0.25, -0.2) is 14.8 Å². The van der Waals surface area contributed by atoms with E-state index in [0.717, 1.165) is 36.3 Å². The highest BCUT2D eigenvalue weighted by Gasteiger charge is 2.20. The first-order valence-electron chi connectivity index (χ1n) is 9.79. The first-order chi connectivity index (χ1) is 13.9. The zero-order valence-electron chi connectivity index (χ0n) is 16.8. The highest BCUT2D eigenvalue weighted by molar-refractivity contribution is 5.98. The van der Waals surface area contributed by atoms with Crippen LogP contribution in [0.5, 0.6) is 0 Å². The Kier molecular flexibility index (Phi) is 5.01. The number of hydrogen-bond donors (Lipinski definition) is 1. The van der Waals surface area contributed by atoms with Crippen molar-refractivity contribution in [3.63, 3.8) is 0 Å². The Morgan fingerprint density at radius 2 is 1.69 bits per heavy atom. The van der Waals surface area contributed by atoms with E-state index in [1.54, 1.807) is 25.1 Å². The van der Waals surface area contributed by atoms with Gasteiger partial charge < -0.3 is 10.1 Å². The van der Waals surface area contributed by atoms with Crippen molar-refractivity contribution in [1.29, 1.82) is 0 Å². The Labute approximate surface area is 169 Å². The number of anilines is 1. The summed E-state index contributed by atoms with van der Waals surface area (Å²) in [6.07, 6.45) is 2.35. The summed E-state index contributed by atoms with van der Waals surface area (Å²) in [7, 11) is 0. The predicted octanol–water partition coefficient (Wildman–Crippen LogP) is 3.92. The van der Waals surface area contributed by atoms with Crippen LogP contribution in [0.15, 0.2) is 36.4 Å². The summed E-state index contributed by atoms with van der Waals surface area (Å²) in [6.45, 7) is 5.33. The third-order valence-electron chi connectivity index (χ3n) is 5.33. The second-order valence-electron chi connectivity index (χ2n) is 7.47. The number of nitrogens with zero attached hydrogens (tertiary/aromatic N) is 2. The average Bonchev–Trinajstić information content (AvgIpc) is 3.16. The number of amides is 1. The lowest BCUT2D eigenvalue weighted by molar-refractivity contribution is -0.123. The molecular formula is C23H23N3O3. The number of esters is 1. The molecule has 4 rings (SSSR count). The van der Waals surface area contributed by atoms with Gasteiger partial charge in [-0.1, -0.05) is 6.07 Å². The molecule has 0 radical (unpaired) electrons. The second-order valence-corrected chi connectivity index (χ2v) is 7.47. The molecule has 1 atom stereocenters. The summed E-state index contributed by atoms with van der Waals surface area (Å²) in [5.74, 6) is -0.924. The molecule has 1 aromatic heterocycles. The summed E-state index contributed by atoms with van der Waals surface area (Å²) >= 11 is 0. The Balaban J connectivity index is 1.44. The summed E-state index contributed by atoms with van der Waals surface area (Å²) in [4.78, 5) is 33.9. The Bertz CT molecular complexity index is 1120. The molecule has 29 heavy (non-hydrogen) atoms. The molecule has 1 aliphatic carbocycles. The Morgan fingerprint density at radius 1 is 0.966 bits per heavy atom. The summed E-state index contributed by atoms with van der Waals surface area (Å²) < 4.78 is 5.37. The van der Waals surface area contributed by atoms with Gasteiger partial charge >= 0.3 is 5.97 Å². The Morgan fingerprint density at radius 3 is 2.48 bits per heavy atom. The quantitative estimate of drug-likeness (QED) is 0.684. The zero-order valence-corrected chi connectivity index (χ0v) is 16.8. The fourth-order valence-electron chi connectivity index (χ4n) is 3.53. The monoisotopic (exact) mass is 389 g/mol. The van der Waals surface area contributed by atoms with Crippen molar-refractivity contribution in [3.05, 3.63) is 64.5 Å². The first kappa shape index (κ1) is 19.1. The van der Waals surface area contributed by atoms with Gasteiger partial charge in [0, 0.05) is 5.69 Å². The summed E-state index contributed by atoms with van der Waals surface area (Å²) in [5, 5.41) is 2.83. The molecule has 0 saturated carbocycles. The standard InChI is InChI=1S/C23H23N3O3/c1-13-14(2)25-21-12-18(8-10-20(21)24-13)23(28)29-15(3)22(27)26-19-9-7-16-5-4-6-17(16)11-19/h7-12,15H,4-6H2,1-3H3,(H,26,27)/t15-/m1/s1. The summed E-state index contributed by atoms with van der Waals surface area (Å²) in [6, 6.07) is 11.0. The smallest absolute Gasteiger partial charge is 0.338 e. The van der Waals surface area contributed by atoms with E-state index in [4.69, 9.17) is 4.74 Å². The van der Waals surface area contributed by atoms with Gasteiger partial charge in [-0.3, -0.25) is 4.79 Å². The van der Waals surface area contributed by atoms with Gasteiger partial charge in [-0.2, -0.15) is 0 Å². The number of fused-ring (bicyclic) bond motifs is 2. The number of hydrogen-bond acceptors (Lipinski definition) is 5. The van der Waals surface area contributed by atoms with E-state index in [9.17, 15) is 9.59 Å². The van der Waals surface area contributed by atoms with Gasteiger partial charge in [0.25, 0.3) is 5.91 Å². The molecule has 1 heterocycles. The molecule has 3 aromatic rings. The lowest BCUT2D eigenvalue weighted by Gasteiger charge is -2.14. The molecule has 2 aromatic carbocycles. The number of nitrogens with one attached hydrogen (secondary N) is 1. The van der Waals surface area contributed by atoms with Crippen LogP contribution < -0.4 is 5.32 Å². The second kappa shape index (κ2) is 7.62. The number of aryl methyl sites for hydroxylation is 4. The van der Waals surface area contributed by atoms with Crippen LogP contribution in [0.1, 0.15) is 46.2 Å². The fourth-order valence-corrected chi connectivity index (χ4v) is 3.53. The third kappa shape index (κ3) is 3.97. The predicted molar refractivity (Wildman–Crippen MR) is 111 cm³/mol. The molecule has 0 bridgehead atoms. The van der Waals surface area contributed by atoms with Crippen molar-refractivity contribution < 1.29 is 14.3 Å². The van der Waals surface area contributed by atoms with Crippen molar-refractivity contribution in [1.82, 2.24) is 9.97 Å². The lowest BCUT2D eigenvalue weighted by atomic mass is 10.1. The molecule has 1 amide bonds. The fraction of sp³-hybridized carbons (Fsp3) is 0.304. The molecular weight excluding hydrogens is 366 g/mol. The SMILES string of the molecule is Cc1nc2ccc(C(=O)O[C@H](C)C(=O)Nc3ccc4c(c3)CCC4)cc2nc1C. The molecule has 1 N–H and O–H groups in total. The van der Waals surface area contributed by atoms with Gasteiger partial charge in [0.2, 0.25) is 0 Å². The molecule has 148 valence electrons. The number of carbonyl (C=O) groups excluding carboxylic acids is 2. The number of aromatic nitrogens is 2. The van der Waals surface area contributed by atoms with Crippen LogP contribution >= 0.6 is 0 Å². The topological polar surface area (TPSA) is 81.2 Å². The largest absolute Gasteiger partial charge is 0.449 e. The zero-order chi connectivity index (χ0) is 20.5. The van der Waals surface area contributed by atoms with Gasteiger partial charge in [-0.15, -0.1) is 0 Å². The van der Waals surface area contributed by atoms with Crippen LogP contribution in [-0.4, -0.2) is 27.9 Å². The lowest BCUT2D eigenvalue weighted by Crippen LogP contribution is -2.30. The van der Waals surface area contributed by atoms with Gasteiger partial charge in [0.1, 0.15) is 0 Å². The van der Waals surface area contributed by atoms with Crippen LogP contribution in [0.3, 0.4) is 0 Å². The average molecular weight is 389 g/mol. The maximum atomic E-state index is 12.5. The van der Waals surface area contributed by atoms with E-state index >= 15 is 0 Å². The van der Waals surface area contributed by atoms with E-state index in [0.29, 0.717) is 16.6 Å². The van der Waals surface area contributed by atoms with E-state index in [1.165, 1.54) is 11.1 Å². The van der Waals surface area contributed by atoms with Crippen LogP contribution in [-0.2, 0) is 22.4 Å². The maximum absolute atomic E-state index is 12.5. The van der Waals surface area contributed by atoms with Crippen molar-refractivity contribution in [2.45, 2.75) is 46.1 Å². The highest BCUT2D eigenvalue weighted by Crippen LogP contribution is 2.25. The molecule has 0 spiro atoms. The number of ether oxygens (including phenoxy) is 1. The molecule has 6 heteroatoms. The van der Waals surface area contributed by atoms with Crippen LogP contribution in [0.25, 0.3) is 11.0 Å². The van der Waals surface area contributed by atoms with Crippen molar-refractivity contribution in [2.75, 3.05) is 5.32 Å². The maximum Gasteiger partial charge on any atom is 0.338 e. The molecule has 0 fully saturated rings. The van der Waals surface area contributed by atoms with Crippen LogP contribution in [0, 0.1) is 13.8 Å². The number of carbonyl (C=O) groups is 2. The normalized spacial score (nSPS) is 13.8. The van der Waals surface area contributed by atoms with Gasteiger partial charge in [-0.05, 0) is 81.5 Å². The number of rotatable bonds is 4. The van der Waals surface area contributed by atoms with Gasteiger partial charge in [0.15, 0.2) is 6.10 Å². The molecule has 0 unspecified atom stereocenters. The molecule has 1 aliphatic rings.